The van der Waals surface area contributed by atoms with Crippen LogP contribution < -0.4 is 9.47 Å². The lowest BCUT2D eigenvalue weighted by Gasteiger charge is -2.10. The van der Waals surface area contributed by atoms with Gasteiger partial charge in [0.2, 0.25) is 0 Å². The van der Waals surface area contributed by atoms with Gasteiger partial charge in [-0.3, -0.25) is 4.79 Å². The fraction of sp³-hybridized carbons (Fsp3) is 0.267. The van der Waals surface area contributed by atoms with Crippen LogP contribution >= 0.6 is 0 Å². The molecule has 0 atom stereocenters. The highest BCUT2D eigenvalue weighted by molar-refractivity contribution is 5.72. The van der Waals surface area contributed by atoms with E-state index in [4.69, 9.17) is 9.47 Å². The van der Waals surface area contributed by atoms with Gasteiger partial charge in [-0.25, -0.2) is 0 Å². The predicted molar refractivity (Wildman–Crippen MR) is 73.5 cm³/mol. The van der Waals surface area contributed by atoms with Gasteiger partial charge in [0.05, 0.1) is 13.5 Å². The molecule has 0 radical (unpaired) electrons. The lowest BCUT2D eigenvalue weighted by molar-refractivity contribution is -0.139. The van der Waals surface area contributed by atoms with Crippen LogP contribution in [0, 0.1) is 0 Å². The third-order valence-corrected chi connectivity index (χ3v) is 2.25. The Morgan fingerprint density at radius 3 is 2.05 bits per heavy atom. The second-order valence-electron chi connectivity index (χ2n) is 3.76. The van der Waals surface area contributed by atoms with Gasteiger partial charge < -0.3 is 14.2 Å². The minimum atomic E-state index is -0.310. The van der Waals surface area contributed by atoms with Crippen LogP contribution in [0.3, 0.4) is 0 Å². The Hall–Kier alpha value is -2.23. The zero-order valence-corrected chi connectivity index (χ0v) is 11.1. The zero-order valence-electron chi connectivity index (χ0n) is 11.1. The van der Waals surface area contributed by atoms with Crippen molar-refractivity contribution in [3.63, 3.8) is 0 Å². The fourth-order valence-electron chi connectivity index (χ4n) is 1.45. The number of esters is 1. The van der Waals surface area contributed by atoms with Gasteiger partial charge in [-0.05, 0) is 17.7 Å². The standard InChI is InChI=1S/C15H18O4/c1-4-6-18-13-8-12(10-15(16)17-3)9-14(11-13)19-7-5-2/h4-5,8-9,11H,1-2,6-7,10H2,3H3. The van der Waals surface area contributed by atoms with Crippen LogP contribution in [0.4, 0.5) is 0 Å². The van der Waals surface area contributed by atoms with E-state index in [-0.39, 0.29) is 12.4 Å². The molecule has 0 aliphatic heterocycles. The number of ether oxygens (including phenoxy) is 3. The van der Waals surface area contributed by atoms with Gasteiger partial charge in [0.25, 0.3) is 0 Å². The Balaban J connectivity index is 2.90. The smallest absolute Gasteiger partial charge is 0.309 e. The molecule has 0 unspecified atom stereocenters. The Kier molecular flexibility index (Phi) is 6.22. The monoisotopic (exact) mass is 262 g/mol. The van der Waals surface area contributed by atoms with Crippen molar-refractivity contribution in [3.05, 3.63) is 49.1 Å². The van der Waals surface area contributed by atoms with Crippen LogP contribution in [0.2, 0.25) is 0 Å². The summed E-state index contributed by atoms with van der Waals surface area (Å²) in [5, 5.41) is 0. The molecule has 1 aromatic rings. The maximum absolute atomic E-state index is 11.3. The summed E-state index contributed by atoms with van der Waals surface area (Å²) in [6.07, 6.45) is 3.47. The average molecular weight is 262 g/mol. The summed E-state index contributed by atoms with van der Waals surface area (Å²) in [6, 6.07) is 5.32. The van der Waals surface area contributed by atoms with E-state index in [0.29, 0.717) is 24.7 Å². The molecule has 0 bridgehead atoms. The molecule has 0 aromatic heterocycles. The van der Waals surface area contributed by atoms with E-state index in [0.717, 1.165) is 5.56 Å². The highest BCUT2D eigenvalue weighted by Gasteiger charge is 2.07. The first-order chi connectivity index (χ1) is 9.19. The normalized spacial score (nSPS) is 9.53. The fourth-order valence-corrected chi connectivity index (χ4v) is 1.45. The molecule has 0 aliphatic carbocycles. The van der Waals surface area contributed by atoms with Crippen LogP contribution in [0.25, 0.3) is 0 Å². The lowest BCUT2D eigenvalue weighted by atomic mass is 10.1. The van der Waals surface area contributed by atoms with Crippen LogP contribution in [-0.2, 0) is 16.0 Å². The number of benzene rings is 1. The van der Waals surface area contributed by atoms with E-state index < -0.39 is 0 Å². The molecule has 0 saturated heterocycles. The van der Waals surface area contributed by atoms with Crippen molar-refractivity contribution in [1.82, 2.24) is 0 Å². The van der Waals surface area contributed by atoms with Crippen molar-refractivity contribution in [3.8, 4) is 11.5 Å². The largest absolute Gasteiger partial charge is 0.489 e. The summed E-state index contributed by atoms with van der Waals surface area (Å²) in [6.45, 7) is 7.96. The maximum Gasteiger partial charge on any atom is 0.309 e. The number of methoxy groups -OCH3 is 1. The molecular weight excluding hydrogens is 244 g/mol. The number of carbonyl (C=O) groups is 1. The average Bonchev–Trinajstić information content (AvgIpc) is 2.42. The third kappa shape index (κ3) is 5.29. The van der Waals surface area contributed by atoms with Gasteiger partial charge in [0.15, 0.2) is 0 Å². The molecule has 4 heteroatoms. The van der Waals surface area contributed by atoms with Gasteiger partial charge in [-0.15, -0.1) is 0 Å². The van der Waals surface area contributed by atoms with Crippen LogP contribution in [0.1, 0.15) is 5.56 Å². The van der Waals surface area contributed by atoms with Crippen LogP contribution in [0.5, 0.6) is 11.5 Å². The quantitative estimate of drug-likeness (QED) is 0.533. The van der Waals surface area contributed by atoms with E-state index >= 15 is 0 Å². The second-order valence-corrected chi connectivity index (χ2v) is 3.76. The summed E-state index contributed by atoms with van der Waals surface area (Å²) >= 11 is 0. The summed E-state index contributed by atoms with van der Waals surface area (Å²) in [5.74, 6) is 0.941. The molecule has 1 rings (SSSR count). The van der Waals surface area contributed by atoms with Crippen LogP contribution in [0.15, 0.2) is 43.5 Å². The molecule has 0 fully saturated rings. The first-order valence-corrected chi connectivity index (χ1v) is 5.87. The number of carbonyl (C=O) groups excluding carboxylic acids is 1. The Labute approximate surface area is 113 Å². The molecule has 102 valence electrons. The van der Waals surface area contributed by atoms with Crippen LogP contribution in [-0.4, -0.2) is 26.3 Å². The van der Waals surface area contributed by atoms with Crippen molar-refractivity contribution in [2.75, 3.05) is 20.3 Å². The summed E-state index contributed by atoms with van der Waals surface area (Å²) in [7, 11) is 1.36. The summed E-state index contributed by atoms with van der Waals surface area (Å²) < 4.78 is 15.6. The molecule has 4 nitrogen and oxygen atoms in total. The maximum atomic E-state index is 11.3. The predicted octanol–water partition coefficient (Wildman–Crippen LogP) is 2.53. The Bertz CT molecular complexity index is 421. The van der Waals surface area contributed by atoms with E-state index in [2.05, 4.69) is 17.9 Å². The molecule has 0 aliphatic rings. The first-order valence-electron chi connectivity index (χ1n) is 5.87. The van der Waals surface area contributed by atoms with Gasteiger partial charge in [-0.2, -0.15) is 0 Å². The molecule has 0 N–H and O–H groups in total. The minimum Gasteiger partial charge on any atom is -0.489 e. The van der Waals surface area contributed by atoms with Gasteiger partial charge >= 0.3 is 5.97 Å². The van der Waals surface area contributed by atoms with E-state index in [9.17, 15) is 4.79 Å². The SMILES string of the molecule is C=CCOc1cc(CC(=O)OC)cc(OCC=C)c1. The first kappa shape index (κ1) is 14.8. The van der Waals surface area contributed by atoms with Gasteiger partial charge in [0.1, 0.15) is 24.7 Å². The zero-order chi connectivity index (χ0) is 14.1. The molecule has 0 saturated carbocycles. The molecule has 1 aromatic carbocycles. The number of hydrogen-bond donors (Lipinski definition) is 0. The second kappa shape index (κ2) is 7.97. The highest BCUT2D eigenvalue weighted by atomic mass is 16.5. The van der Waals surface area contributed by atoms with E-state index in [1.807, 2.05) is 0 Å². The molecular formula is C15H18O4. The van der Waals surface area contributed by atoms with Crippen molar-refractivity contribution >= 4 is 5.97 Å². The molecule has 19 heavy (non-hydrogen) atoms. The number of hydrogen-bond acceptors (Lipinski definition) is 4. The third-order valence-electron chi connectivity index (χ3n) is 2.25. The van der Waals surface area contributed by atoms with E-state index in [1.54, 1.807) is 30.4 Å². The van der Waals surface area contributed by atoms with Crippen molar-refractivity contribution in [2.45, 2.75) is 6.42 Å². The molecule has 0 heterocycles. The number of rotatable bonds is 8. The van der Waals surface area contributed by atoms with Crippen molar-refractivity contribution < 1.29 is 19.0 Å². The summed E-state index contributed by atoms with van der Waals surface area (Å²) in [5.41, 5.74) is 0.771. The molecule has 0 spiro atoms. The van der Waals surface area contributed by atoms with Crippen molar-refractivity contribution in [1.29, 1.82) is 0 Å². The Morgan fingerprint density at radius 2 is 1.63 bits per heavy atom. The summed E-state index contributed by atoms with van der Waals surface area (Å²) in [4.78, 5) is 11.3. The molecule has 0 amide bonds. The minimum absolute atomic E-state index is 0.173. The lowest BCUT2D eigenvalue weighted by Crippen LogP contribution is -2.05. The topological polar surface area (TPSA) is 44.8 Å². The van der Waals surface area contributed by atoms with E-state index in [1.165, 1.54) is 7.11 Å². The Morgan fingerprint density at radius 1 is 1.11 bits per heavy atom. The van der Waals surface area contributed by atoms with Gasteiger partial charge in [-0.1, -0.05) is 25.3 Å². The highest BCUT2D eigenvalue weighted by Crippen LogP contribution is 2.23. The van der Waals surface area contributed by atoms with Crippen molar-refractivity contribution in [2.24, 2.45) is 0 Å². The van der Waals surface area contributed by atoms with Gasteiger partial charge in [0, 0.05) is 6.07 Å².